The van der Waals surface area contributed by atoms with Gasteiger partial charge in [-0.2, -0.15) is 0 Å². The Kier molecular flexibility index (Phi) is 4.37. The standard InChI is InChI=1S/C20H17F3/c1-2-3-4-13-5-8-16(19(22)11-13)14-6-9-17-15(12-14)7-10-18(21)20(17)23/h5-12H,2-4H2,1H3. The summed E-state index contributed by atoms with van der Waals surface area (Å²) in [4.78, 5) is 0. The van der Waals surface area contributed by atoms with E-state index in [1.54, 1.807) is 24.3 Å². The monoisotopic (exact) mass is 314 g/mol. The van der Waals surface area contributed by atoms with E-state index in [-0.39, 0.29) is 11.2 Å². The lowest BCUT2D eigenvalue weighted by atomic mass is 9.98. The minimum Gasteiger partial charge on any atom is -0.206 e. The van der Waals surface area contributed by atoms with Gasteiger partial charge in [-0.3, -0.25) is 0 Å². The van der Waals surface area contributed by atoms with E-state index in [1.165, 1.54) is 12.1 Å². The Labute approximate surface area is 133 Å². The van der Waals surface area contributed by atoms with Crippen LogP contribution < -0.4 is 0 Å². The Hall–Kier alpha value is -2.29. The van der Waals surface area contributed by atoms with Crippen LogP contribution in [0.15, 0.2) is 48.5 Å². The number of rotatable bonds is 4. The molecule has 0 aromatic heterocycles. The Bertz CT molecular complexity index is 853. The molecule has 0 atom stereocenters. The smallest absolute Gasteiger partial charge is 0.166 e. The van der Waals surface area contributed by atoms with Crippen LogP contribution in [0.3, 0.4) is 0 Å². The summed E-state index contributed by atoms with van der Waals surface area (Å²) >= 11 is 0. The van der Waals surface area contributed by atoms with Crippen LogP contribution in [0.25, 0.3) is 21.9 Å². The molecule has 0 amide bonds. The third-order valence-electron chi connectivity index (χ3n) is 4.07. The molecule has 3 heteroatoms. The molecule has 0 aliphatic heterocycles. The Morgan fingerprint density at radius 1 is 0.826 bits per heavy atom. The van der Waals surface area contributed by atoms with Crippen molar-refractivity contribution >= 4 is 10.8 Å². The summed E-state index contributed by atoms with van der Waals surface area (Å²) in [5.41, 5.74) is 2.10. The summed E-state index contributed by atoms with van der Waals surface area (Å²) in [6, 6.07) is 12.6. The quantitative estimate of drug-likeness (QED) is 0.532. The van der Waals surface area contributed by atoms with Crippen molar-refractivity contribution < 1.29 is 13.2 Å². The van der Waals surface area contributed by atoms with E-state index in [4.69, 9.17) is 0 Å². The number of unbranched alkanes of at least 4 members (excludes halogenated alkanes) is 1. The molecule has 0 saturated carbocycles. The van der Waals surface area contributed by atoms with E-state index in [0.717, 1.165) is 30.9 Å². The van der Waals surface area contributed by atoms with Crippen LogP contribution in [0.5, 0.6) is 0 Å². The number of aryl methyl sites for hydroxylation is 1. The average Bonchev–Trinajstić information content (AvgIpc) is 2.56. The fourth-order valence-corrected chi connectivity index (χ4v) is 2.76. The van der Waals surface area contributed by atoms with Crippen molar-refractivity contribution in [3.05, 3.63) is 71.5 Å². The molecule has 3 aromatic rings. The van der Waals surface area contributed by atoms with Crippen molar-refractivity contribution in [3.63, 3.8) is 0 Å². The molecule has 0 aliphatic carbocycles. The van der Waals surface area contributed by atoms with Crippen LogP contribution in [-0.2, 0) is 6.42 Å². The van der Waals surface area contributed by atoms with Crippen molar-refractivity contribution in [1.29, 1.82) is 0 Å². The van der Waals surface area contributed by atoms with E-state index in [2.05, 4.69) is 6.92 Å². The fourth-order valence-electron chi connectivity index (χ4n) is 2.76. The number of fused-ring (bicyclic) bond motifs is 1. The molecule has 0 N–H and O–H groups in total. The second kappa shape index (κ2) is 6.45. The summed E-state index contributed by atoms with van der Waals surface area (Å²) in [6.45, 7) is 2.10. The Morgan fingerprint density at radius 3 is 2.39 bits per heavy atom. The molecule has 0 unspecified atom stereocenters. The molecular weight excluding hydrogens is 297 g/mol. The molecule has 0 saturated heterocycles. The lowest BCUT2D eigenvalue weighted by molar-refractivity contribution is 0.517. The van der Waals surface area contributed by atoms with Gasteiger partial charge < -0.3 is 0 Å². The van der Waals surface area contributed by atoms with Gasteiger partial charge in [0.2, 0.25) is 0 Å². The first-order valence-corrected chi connectivity index (χ1v) is 7.76. The maximum absolute atomic E-state index is 14.4. The molecule has 0 spiro atoms. The Morgan fingerprint density at radius 2 is 1.65 bits per heavy atom. The predicted molar refractivity (Wildman–Crippen MR) is 87.9 cm³/mol. The van der Waals surface area contributed by atoms with Gasteiger partial charge in [-0.05, 0) is 47.6 Å². The highest BCUT2D eigenvalue weighted by Crippen LogP contribution is 2.29. The molecule has 0 fully saturated rings. The summed E-state index contributed by atoms with van der Waals surface area (Å²) in [7, 11) is 0. The number of halogens is 3. The largest absolute Gasteiger partial charge is 0.206 e. The van der Waals surface area contributed by atoms with Gasteiger partial charge in [-0.25, -0.2) is 13.2 Å². The first-order valence-electron chi connectivity index (χ1n) is 7.76. The van der Waals surface area contributed by atoms with Gasteiger partial charge in [-0.15, -0.1) is 0 Å². The van der Waals surface area contributed by atoms with E-state index in [0.29, 0.717) is 16.5 Å². The van der Waals surface area contributed by atoms with Crippen molar-refractivity contribution in [2.75, 3.05) is 0 Å². The number of hydrogen-bond donors (Lipinski definition) is 0. The molecule has 0 radical (unpaired) electrons. The first kappa shape index (κ1) is 15.6. The highest BCUT2D eigenvalue weighted by atomic mass is 19.2. The topological polar surface area (TPSA) is 0 Å². The molecule has 3 aromatic carbocycles. The van der Waals surface area contributed by atoms with Crippen LogP contribution in [0, 0.1) is 17.5 Å². The molecular formula is C20H17F3. The van der Waals surface area contributed by atoms with Crippen molar-refractivity contribution in [3.8, 4) is 11.1 Å². The van der Waals surface area contributed by atoms with Crippen molar-refractivity contribution in [1.82, 2.24) is 0 Å². The summed E-state index contributed by atoms with van der Waals surface area (Å²) in [5.74, 6) is -2.04. The Balaban J connectivity index is 2.01. The van der Waals surface area contributed by atoms with Gasteiger partial charge in [0.15, 0.2) is 11.6 Å². The van der Waals surface area contributed by atoms with Gasteiger partial charge in [0.1, 0.15) is 5.82 Å². The molecule has 0 aliphatic rings. The summed E-state index contributed by atoms with van der Waals surface area (Å²) in [6.07, 6.45) is 2.95. The van der Waals surface area contributed by atoms with E-state index < -0.39 is 11.6 Å². The van der Waals surface area contributed by atoms with E-state index in [1.807, 2.05) is 6.07 Å². The second-order valence-electron chi connectivity index (χ2n) is 5.72. The molecule has 3 rings (SSSR count). The normalized spacial score (nSPS) is 11.1. The third kappa shape index (κ3) is 3.09. The van der Waals surface area contributed by atoms with Gasteiger partial charge in [0, 0.05) is 10.9 Å². The van der Waals surface area contributed by atoms with Gasteiger partial charge in [0.25, 0.3) is 0 Å². The number of benzene rings is 3. The minimum absolute atomic E-state index is 0.203. The molecule has 0 heterocycles. The van der Waals surface area contributed by atoms with Crippen molar-refractivity contribution in [2.45, 2.75) is 26.2 Å². The zero-order valence-corrected chi connectivity index (χ0v) is 12.9. The summed E-state index contributed by atoms with van der Waals surface area (Å²) in [5, 5.41) is 0.754. The molecule has 0 nitrogen and oxygen atoms in total. The maximum Gasteiger partial charge on any atom is 0.166 e. The average molecular weight is 314 g/mol. The molecule has 118 valence electrons. The van der Waals surface area contributed by atoms with E-state index >= 15 is 0 Å². The van der Waals surface area contributed by atoms with E-state index in [9.17, 15) is 13.2 Å². The fraction of sp³-hybridized carbons (Fsp3) is 0.200. The van der Waals surface area contributed by atoms with Gasteiger partial charge >= 0.3 is 0 Å². The van der Waals surface area contributed by atoms with Gasteiger partial charge in [0.05, 0.1) is 0 Å². The number of hydrogen-bond acceptors (Lipinski definition) is 0. The van der Waals surface area contributed by atoms with Crippen LogP contribution in [-0.4, -0.2) is 0 Å². The van der Waals surface area contributed by atoms with Crippen molar-refractivity contribution in [2.24, 2.45) is 0 Å². The lowest BCUT2D eigenvalue weighted by Gasteiger charge is -2.08. The first-order chi connectivity index (χ1) is 11.1. The van der Waals surface area contributed by atoms with Crippen LogP contribution >= 0.6 is 0 Å². The zero-order valence-electron chi connectivity index (χ0n) is 12.9. The SMILES string of the molecule is CCCCc1ccc(-c2ccc3c(F)c(F)ccc3c2)c(F)c1. The predicted octanol–water partition coefficient (Wildman–Crippen LogP) is 6.27. The lowest BCUT2D eigenvalue weighted by Crippen LogP contribution is -1.91. The highest BCUT2D eigenvalue weighted by molar-refractivity contribution is 5.88. The van der Waals surface area contributed by atoms with Crippen LogP contribution in [0.4, 0.5) is 13.2 Å². The molecule has 23 heavy (non-hydrogen) atoms. The highest BCUT2D eigenvalue weighted by Gasteiger charge is 2.10. The summed E-state index contributed by atoms with van der Waals surface area (Å²) < 4.78 is 41.4. The maximum atomic E-state index is 14.4. The second-order valence-corrected chi connectivity index (χ2v) is 5.72. The van der Waals surface area contributed by atoms with Gasteiger partial charge in [-0.1, -0.05) is 43.7 Å². The van der Waals surface area contributed by atoms with Crippen LogP contribution in [0.1, 0.15) is 25.3 Å². The zero-order chi connectivity index (χ0) is 16.4. The molecule has 0 bridgehead atoms. The van der Waals surface area contributed by atoms with Crippen LogP contribution in [0.2, 0.25) is 0 Å². The minimum atomic E-state index is -0.878. The third-order valence-corrected chi connectivity index (χ3v) is 4.07.